The number of carbonyl (C=O) groups excluding carboxylic acids is 2. The van der Waals surface area contributed by atoms with Crippen molar-refractivity contribution in [2.45, 2.75) is 25.3 Å². The molecule has 0 unspecified atom stereocenters. The molecule has 1 aromatic carbocycles. The number of benzene rings is 1. The third-order valence-electron chi connectivity index (χ3n) is 3.25. The first-order valence-electron chi connectivity index (χ1n) is 7.77. The second-order valence-corrected chi connectivity index (χ2v) is 5.45. The molecule has 11 heteroatoms. The van der Waals surface area contributed by atoms with Crippen molar-refractivity contribution in [3.8, 4) is 0 Å². The normalized spacial score (nSPS) is 11.1. The van der Waals surface area contributed by atoms with E-state index in [1.165, 1.54) is 0 Å². The highest BCUT2D eigenvalue weighted by Gasteiger charge is 2.26. The van der Waals surface area contributed by atoms with Crippen LogP contribution in [0.2, 0.25) is 0 Å². The Labute approximate surface area is 153 Å². The van der Waals surface area contributed by atoms with Gasteiger partial charge in [0.15, 0.2) is 0 Å². The van der Waals surface area contributed by atoms with Gasteiger partial charge in [0.25, 0.3) is 0 Å². The lowest BCUT2D eigenvalue weighted by atomic mass is 10.1. The number of hydrogen-bond acceptors (Lipinski definition) is 5. The number of carboxylic acid groups (broad SMARTS) is 3. The van der Waals surface area contributed by atoms with E-state index < -0.39 is 55.3 Å². The van der Waals surface area contributed by atoms with Gasteiger partial charge in [-0.15, -0.1) is 0 Å². The third-order valence-corrected chi connectivity index (χ3v) is 3.25. The summed E-state index contributed by atoms with van der Waals surface area (Å²) in [6, 6.07) is 5.72. The van der Waals surface area contributed by atoms with Gasteiger partial charge in [0.1, 0.15) is 12.6 Å². The fourth-order valence-corrected chi connectivity index (χ4v) is 2.02. The number of amides is 3. The van der Waals surface area contributed by atoms with Crippen molar-refractivity contribution < 1.29 is 39.3 Å². The molecule has 0 saturated heterocycles. The van der Waals surface area contributed by atoms with Crippen LogP contribution in [-0.2, 0) is 25.6 Å². The summed E-state index contributed by atoms with van der Waals surface area (Å²) in [5.74, 6) is -4.87. The first-order valence-corrected chi connectivity index (χ1v) is 7.77. The number of carbonyl (C=O) groups is 5. The Morgan fingerprint density at radius 1 is 0.963 bits per heavy atom. The Kier molecular flexibility index (Phi) is 8.23. The van der Waals surface area contributed by atoms with E-state index >= 15 is 0 Å². The zero-order valence-electron chi connectivity index (χ0n) is 14.1. The van der Waals surface area contributed by atoms with Gasteiger partial charge in [0.2, 0.25) is 5.91 Å². The van der Waals surface area contributed by atoms with Crippen LogP contribution in [0.5, 0.6) is 0 Å². The Morgan fingerprint density at radius 2 is 1.59 bits per heavy atom. The van der Waals surface area contributed by atoms with Gasteiger partial charge in [-0.2, -0.15) is 0 Å². The average Bonchev–Trinajstić information content (AvgIpc) is 2.57. The number of rotatable bonds is 9. The lowest BCUT2D eigenvalue weighted by Crippen LogP contribution is -2.56. The monoisotopic (exact) mass is 381 g/mol. The minimum Gasteiger partial charge on any atom is -0.481 e. The highest BCUT2D eigenvalue weighted by Crippen LogP contribution is 2.02. The number of nitrogens with one attached hydrogen (secondary N) is 2. The van der Waals surface area contributed by atoms with E-state index in [9.17, 15) is 24.0 Å². The molecule has 0 aliphatic rings. The summed E-state index contributed by atoms with van der Waals surface area (Å²) >= 11 is 0. The van der Waals surface area contributed by atoms with Crippen molar-refractivity contribution >= 4 is 29.8 Å². The number of hydrogen-bond donors (Lipinski definition) is 5. The zero-order chi connectivity index (χ0) is 20.4. The molecule has 1 rings (SSSR count). The Balaban J connectivity index is 2.76. The molecule has 5 N–H and O–H groups in total. The van der Waals surface area contributed by atoms with E-state index in [1.807, 2.05) is 5.32 Å². The van der Waals surface area contributed by atoms with Crippen LogP contribution in [0.1, 0.15) is 18.4 Å². The van der Waals surface area contributed by atoms with Crippen LogP contribution >= 0.6 is 0 Å². The smallest absolute Gasteiger partial charge is 0.337 e. The minimum absolute atomic E-state index is 0.133. The fraction of sp³-hybridized carbons (Fsp3) is 0.312. The maximum absolute atomic E-state index is 12.2. The fourth-order valence-electron chi connectivity index (χ4n) is 2.02. The molecule has 0 bridgehead atoms. The standard InChI is InChI=1S/C16H19N3O8/c20-12(8-10-4-2-1-3-5-10)18-19(9-14(23)24)16(27)17-11(15(25)26)6-7-13(21)22/h1-5,11H,6-9H2,(H,17,27)(H,18,20)(H,21,22)(H,23,24)(H,25,26)/t11-/m0/s1. The van der Waals surface area contributed by atoms with Crippen molar-refractivity contribution in [1.29, 1.82) is 0 Å². The van der Waals surface area contributed by atoms with E-state index in [0.717, 1.165) is 0 Å². The number of urea groups is 1. The molecule has 146 valence electrons. The Bertz CT molecular complexity index is 707. The van der Waals surface area contributed by atoms with Gasteiger partial charge in [-0.3, -0.25) is 19.8 Å². The molecule has 1 aromatic rings. The summed E-state index contributed by atoms with van der Waals surface area (Å²) < 4.78 is 0. The van der Waals surface area contributed by atoms with E-state index in [0.29, 0.717) is 10.6 Å². The predicted molar refractivity (Wildman–Crippen MR) is 89.5 cm³/mol. The highest BCUT2D eigenvalue weighted by molar-refractivity contribution is 5.87. The second kappa shape index (κ2) is 10.4. The molecule has 0 spiro atoms. The summed E-state index contributed by atoms with van der Waals surface area (Å²) in [6.45, 7) is -0.919. The zero-order valence-corrected chi connectivity index (χ0v) is 14.1. The third kappa shape index (κ3) is 8.34. The maximum Gasteiger partial charge on any atom is 0.337 e. The molecule has 0 aromatic heterocycles. The second-order valence-electron chi connectivity index (χ2n) is 5.45. The van der Waals surface area contributed by atoms with Gasteiger partial charge in [-0.25, -0.2) is 14.6 Å². The highest BCUT2D eigenvalue weighted by atomic mass is 16.4. The molecule has 1 atom stereocenters. The number of nitrogens with zero attached hydrogens (tertiary/aromatic N) is 1. The topological polar surface area (TPSA) is 173 Å². The largest absolute Gasteiger partial charge is 0.481 e. The van der Waals surface area contributed by atoms with E-state index in [1.54, 1.807) is 30.3 Å². The van der Waals surface area contributed by atoms with Crippen molar-refractivity contribution in [2.75, 3.05) is 6.54 Å². The van der Waals surface area contributed by atoms with Crippen molar-refractivity contribution in [2.24, 2.45) is 0 Å². The van der Waals surface area contributed by atoms with Gasteiger partial charge in [-0.1, -0.05) is 30.3 Å². The van der Waals surface area contributed by atoms with E-state index in [-0.39, 0.29) is 6.42 Å². The lowest BCUT2D eigenvalue weighted by Gasteiger charge is -2.24. The molecule has 3 amide bonds. The van der Waals surface area contributed by atoms with Gasteiger partial charge >= 0.3 is 23.9 Å². The van der Waals surface area contributed by atoms with Crippen molar-refractivity contribution in [1.82, 2.24) is 15.8 Å². The number of hydrazine groups is 1. The summed E-state index contributed by atoms with van der Waals surface area (Å²) in [5, 5.41) is 29.0. The van der Waals surface area contributed by atoms with E-state index in [4.69, 9.17) is 15.3 Å². The van der Waals surface area contributed by atoms with Crippen LogP contribution in [0.3, 0.4) is 0 Å². The first kappa shape index (κ1) is 21.4. The predicted octanol–water partition coefficient (Wildman–Crippen LogP) is -0.325. The average molecular weight is 381 g/mol. The van der Waals surface area contributed by atoms with Gasteiger partial charge in [0, 0.05) is 6.42 Å². The summed E-state index contributed by atoms with van der Waals surface area (Å²) in [4.78, 5) is 56.8. The first-order chi connectivity index (χ1) is 12.7. The van der Waals surface area contributed by atoms with Crippen LogP contribution in [0.15, 0.2) is 30.3 Å². The molecule has 27 heavy (non-hydrogen) atoms. The van der Waals surface area contributed by atoms with Crippen LogP contribution in [0.4, 0.5) is 4.79 Å². The molecule has 0 saturated carbocycles. The molecule has 11 nitrogen and oxygen atoms in total. The summed E-state index contributed by atoms with van der Waals surface area (Å²) in [5.41, 5.74) is 2.72. The van der Waals surface area contributed by atoms with E-state index in [2.05, 4.69) is 5.43 Å². The van der Waals surface area contributed by atoms with Crippen molar-refractivity contribution in [3.63, 3.8) is 0 Å². The van der Waals surface area contributed by atoms with Crippen LogP contribution in [-0.4, -0.2) is 62.8 Å². The quantitative estimate of drug-likeness (QED) is 0.362. The molecule has 0 aliphatic carbocycles. The van der Waals surface area contributed by atoms with Crippen LogP contribution in [0, 0.1) is 0 Å². The molecule has 0 radical (unpaired) electrons. The summed E-state index contributed by atoms with van der Waals surface area (Å²) in [7, 11) is 0. The SMILES string of the molecule is O=C(O)CC[C@H](NC(=O)N(CC(=O)O)NC(=O)Cc1ccccc1)C(=O)O. The molecular weight excluding hydrogens is 362 g/mol. The maximum atomic E-state index is 12.2. The number of carboxylic acids is 3. The van der Waals surface area contributed by atoms with Crippen LogP contribution in [0.25, 0.3) is 0 Å². The van der Waals surface area contributed by atoms with Crippen molar-refractivity contribution in [3.05, 3.63) is 35.9 Å². The number of aliphatic carboxylic acids is 3. The Hall–Kier alpha value is -3.63. The lowest BCUT2D eigenvalue weighted by molar-refractivity contribution is -0.140. The molecule has 0 fully saturated rings. The molecular formula is C16H19N3O8. The van der Waals surface area contributed by atoms with Gasteiger partial charge < -0.3 is 20.6 Å². The summed E-state index contributed by atoms with van der Waals surface area (Å²) in [6.07, 6.45) is -1.06. The molecule has 0 heterocycles. The Morgan fingerprint density at radius 3 is 2.11 bits per heavy atom. The minimum atomic E-state index is -1.56. The van der Waals surface area contributed by atoms with Crippen LogP contribution < -0.4 is 10.7 Å². The molecule has 0 aliphatic heterocycles. The van der Waals surface area contributed by atoms with Gasteiger partial charge in [0.05, 0.1) is 6.42 Å². The van der Waals surface area contributed by atoms with Gasteiger partial charge in [-0.05, 0) is 12.0 Å².